The molecule has 11 N–H and O–H groups in total. The van der Waals surface area contributed by atoms with Gasteiger partial charge in [0.05, 0.1) is 12.5 Å². The van der Waals surface area contributed by atoms with Gasteiger partial charge in [-0.1, -0.05) is 12.1 Å². The summed E-state index contributed by atoms with van der Waals surface area (Å²) in [4.78, 5) is 23.9. The van der Waals surface area contributed by atoms with E-state index >= 15 is 0 Å². The van der Waals surface area contributed by atoms with E-state index in [4.69, 9.17) is 0 Å². The molecule has 0 aliphatic heterocycles. The van der Waals surface area contributed by atoms with Gasteiger partial charge in [0.15, 0.2) is 0 Å². The van der Waals surface area contributed by atoms with Gasteiger partial charge in [0.25, 0.3) is 0 Å². The number of aliphatic imine (C=N–C) groups is 1. The molecule has 0 saturated heterocycles. The van der Waals surface area contributed by atoms with E-state index in [1.807, 2.05) is 0 Å². The third kappa shape index (κ3) is 10.2. The summed E-state index contributed by atoms with van der Waals surface area (Å²) < 4.78 is 0. The summed E-state index contributed by atoms with van der Waals surface area (Å²) in [5.74, 6) is -1.65. The standard InChI is InChI=1S/C10H9NO4.4H2O.Zn/c12-6-7-1-2-9(13)8(3-7)4-11-5-10(14)15;;;;;/h1-4,6,13H,5H2,(H,14,15);4*1H2;/q;;;;;+2/p+1. The van der Waals surface area contributed by atoms with Crippen molar-refractivity contribution in [2.24, 2.45) is 4.99 Å². The SMILES string of the molecule is O.O=Cc1ccc([O-])c(C=NCC(=O)[O-])c1.[OH3+].[OH3+].[OH3+].[Zn+2]. The number of rotatable bonds is 4. The zero-order valence-corrected chi connectivity index (χ0v) is 13.6. The number of aliphatic carboxylic acids is 1. The Hall–Kier alpha value is -1.71. The van der Waals surface area contributed by atoms with Crippen LogP contribution < -0.4 is 10.2 Å². The number of nitrogens with zero attached hydrogens (tertiary/aromatic N) is 1. The van der Waals surface area contributed by atoms with Crippen LogP contribution in [0.25, 0.3) is 0 Å². The van der Waals surface area contributed by atoms with Crippen LogP contribution in [0.15, 0.2) is 23.2 Å². The van der Waals surface area contributed by atoms with Gasteiger partial charge >= 0.3 is 19.5 Å². The summed E-state index contributed by atoms with van der Waals surface area (Å²) in [7, 11) is 0. The molecule has 0 aliphatic rings. The Balaban J connectivity index is -0.000000150. The average molecular weight is 346 g/mol. The number of hydrogen-bond acceptors (Lipinski definition) is 5. The predicted molar refractivity (Wildman–Crippen MR) is 67.0 cm³/mol. The van der Waals surface area contributed by atoms with Crippen molar-refractivity contribution in [1.29, 1.82) is 0 Å². The van der Waals surface area contributed by atoms with Crippen LogP contribution in [0.3, 0.4) is 0 Å². The van der Waals surface area contributed by atoms with E-state index in [2.05, 4.69) is 4.99 Å². The first-order valence-corrected chi connectivity index (χ1v) is 4.09. The summed E-state index contributed by atoms with van der Waals surface area (Å²) in [6.45, 7) is -0.509. The molecule has 0 spiro atoms. The number of aldehydes is 1. The van der Waals surface area contributed by atoms with Gasteiger partial charge in [0.1, 0.15) is 6.29 Å². The summed E-state index contributed by atoms with van der Waals surface area (Å²) >= 11 is 0. The molecular formula is C10H18NO8Zn+3. The molecule has 20 heavy (non-hydrogen) atoms. The monoisotopic (exact) mass is 344 g/mol. The Bertz CT molecular complexity index is 424. The number of carbonyl (C=O) groups excluding carboxylic acids is 2. The zero-order chi connectivity index (χ0) is 11.3. The maximum absolute atomic E-state index is 11.2. The molecule has 0 unspecified atom stereocenters. The Morgan fingerprint density at radius 1 is 1.25 bits per heavy atom. The molecule has 10 heteroatoms. The molecule has 1 aromatic carbocycles. The minimum Gasteiger partial charge on any atom is -0.872 e. The first kappa shape index (κ1) is 31.0. The fourth-order valence-electron chi connectivity index (χ4n) is 0.960. The second-order valence-electron chi connectivity index (χ2n) is 2.76. The van der Waals surface area contributed by atoms with Gasteiger partial charge in [-0.05, 0) is 11.6 Å². The number of carbonyl (C=O) groups is 2. The van der Waals surface area contributed by atoms with E-state index in [0.29, 0.717) is 11.8 Å². The van der Waals surface area contributed by atoms with Crippen molar-refractivity contribution in [3.05, 3.63) is 29.3 Å². The smallest absolute Gasteiger partial charge is 0.872 e. The molecule has 0 heterocycles. The van der Waals surface area contributed by atoms with Gasteiger partial charge in [0, 0.05) is 11.8 Å². The summed E-state index contributed by atoms with van der Waals surface area (Å²) in [6, 6.07) is 3.95. The van der Waals surface area contributed by atoms with Crippen LogP contribution in [0.4, 0.5) is 0 Å². The fourth-order valence-corrected chi connectivity index (χ4v) is 0.960. The van der Waals surface area contributed by atoms with E-state index in [-0.39, 0.29) is 52.7 Å². The van der Waals surface area contributed by atoms with Crippen LogP contribution in [0.5, 0.6) is 5.75 Å². The molecule has 1 rings (SSSR count). The number of carboxylic acids is 1. The number of carboxylic acid groups (broad SMARTS) is 1. The van der Waals surface area contributed by atoms with Crippen molar-refractivity contribution in [3.8, 4) is 5.75 Å². The van der Waals surface area contributed by atoms with Crippen molar-refractivity contribution in [3.63, 3.8) is 0 Å². The van der Waals surface area contributed by atoms with E-state index in [1.54, 1.807) is 0 Å². The van der Waals surface area contributed by atoms with Gasteiger partial charge in [-0.15, -0.1) is 5.75 Å². The second kappa shape index (κ2) is 15.4. The number of hydrogen-bond donors (Lipinski definition) is 0. The summed E-state index contributed by atoms with van der Waals surface area (Å²) in [5, 5.41) is 21.2. The molecule has 0 atom stereocenters. The molecule has 0 aliphatic carbocycles. The topological polar surface area (TPSA) is 223 Å². The van der Waals surface area contributed by atoms with E-state index in [1.165, 1.54) is 18.2 Å². The minimum absolute atomic E-state index is 0. The predicted octanol–water partition coefficient (Wildman–Crippen LogP) is -4.85. The Kier molecular flexibility index (Phi) is 23.8. The summed E-state index contributed by atoms with van der Waals surface area (Å²) in [6.07, 6.45) is 1.71. The molecule has 0 amide bonds. The van der Waals surface area contributed by atoms with Crippen LogP contribution in [0, 0.1) is 0 Å². The molecule has 0 saturated carbocycles. The first-order valence-electron chi connectivity index (χ1n) is 4.09. The van der Waals surface area contributed by atoms with Gasteiger partial charge in [-0.2, -0.15) is 0 Å². The molecule has 0 bridgehead atoms. The average Bonchev–Trinajstić information content (AvgIpc) is 2.20. The Morgan fingerprint density at radius 2 is 1.80 bits per heavy atom. The van der Waals surface area contributed by atoms with Crippen molar-refractivity contribution in [2.45, 2.75) is 0 Å². The van der Waals surface area contributed by atoms with Gasteiger partial charge in [-0.25, -0.2) is 0 Å². The van der Waals surface area contributed by atoms with E-state index in [9.17, 15) is 19.8 Å². The zero-order valence-electron chi connectivity index (χ0n) is 10.6. The summed E-state index contributed by atoms with van der Waals surface area (Å²) in [5.41, 5.74) is 0.519. The largest absolute Gasteiger partial charge is 2.00 e. The van der Waals surface area contributed by atoms with Crippen LogP contribution in [0.2, 0.25) is 0 Å². The van der Waals surface area contributed by atoms with Crippen LogP contribution in [-0.2, 0) is 40.7 Å². The van der Waals surface area contributed by atoms with E-state index in [0.717, 1.165) is 6.21 Å². The normalized spacial score (nSPS) is 7.80. The van der Waals surface area contributed by atoms with Gasteiger partial charge in [0.2, 0.25) is 0 Å². The molecule has 0 radical (unpaired) electrons. The molecule has 0 aromatic heterocycles. The van der Waals surface area contributed by atoms with Crippen LogP contribution >= 0.6 is 0 Å². The number of benzene rings is 1. The Labute approximate surface area is 127 Å². The molecular weight excluding hydrogens is 327 g/mol. The fraction of sp³-hybridized carbons (Fsp3) is 0.100. The molecule has 1 aromatic rings. The second-order valence-corrected chi connectivity index (χ2v) is 2.76. The van der Waals surface area contributed by atoms with Gasteiger partial charge in [-0.3, -0.25) is 9.79 Å². The third-order valence-electron chi connectivity index (χ3n) is 1.62. The van der Waals surface area contributed by atoms with Crippen molar-refractivity contribution in [2.75, 3.05) is 6.54 Å². The maximum Gasteiger partial charge on any atom is 2.00 e. The Morgan fingerprint density at radius 3 is 2.25 bits per heavy atom. The van der Waals surface area contributed by atoms with Crippen molar-refractivity contribution < 1.29 is 61.2 Å². The van der Waals surface area contributed by atoms with E-state index < -0.39 is 12.5 Å². The quantitative estimate of drug-likeness (QED) is 0.226. The first-order chi connectivity index (χ1) is 7.13. The molecule has 0 fully saturated rings. The van der Waals surface area contributed by atoms with Crippen LogP contribution in [0.1, 0.15) is 15.9 Å². The molecule has 9 nitrogen and oxygen atoms in total. The molecule has 110 valence electrons. The van der Waals surface area contributed by atoms with Gasteiger partial charge < -0.3 is 36.9 Å². The van der Waals surface area contributed by atoms with Crippen molar-refractivity contribution >= 4 is 18.5 Å². The maximum atomic E-state index is 11.2. The minimum atomic E-state index is -1.33. The third-order valence-corrected chi connectivity index (χ3v) is 1.62. The van der Waals surface area contributed by atoms with Crippen LogP contribution in [-0.4, -0.2) is 30.5 Å². The van der Waals surface area contributed by atoms with Crippen molar-refractivity contribution in [1.82, 2.24) is 0 Å².